The van der Waals surface area contributed by atoms with Gasteiger partial charge in [-0.3, -0.25) is 14.6 Å². The molecule has 11 nitrogen and oxygen atoms in total. The van der Waals surface area contributed by atoms with Crippen LogP contribution in [0.2, 0.25) is 0 Å². The zero-order valence-corrected chi connectivity index (χ0v) is 23.3. The number of carbonyl (C=O) groups excluding carboxylic acids is 1. The topological polar surface area (TPSA) is 190 Å². The first-order valence-corrected chi connectivity index (χ1v) is 12.9. The van der Waals surface area contributed by atoms with Gasteiger partial charge in [0.1, 0.15) is 11.6 Å². The Hall–Kier alpha value is -5.14. The van der Waals surface area contributed by atoms with Crippen molar-refractivity contribution in [2.45, 2.75) is 44.9 Å². The first kappa shape index (κ1) is 34.1. The number of carboxylic acids is 2. The normalized spacial score (nSPS) is 11.6. The number of alkyl halides is 3. The van der Waals surface area contributed by atoms with Gasteiger partial charge in [-0.2, -0.15) is 13.2 Å². The van der Waals surface area contributed by atoms with Crippen LogP contribution in [0.1, 0.15) is 51.5 Å². The largest absolute Gasteiger partial charge is 0.490 e. The second kappa shape index (κ2) is 15.2. The van der Waals surface area contributed by atoms with Gasteiger partial charge in [0.15, 0.2) is 5.96 Å². The number of carboxylic acid groups (broad SMARTS) is 2. The quantitative estimate of drug-likeness (QED) is 0.133. The number of hydrogen-bond donors (Lipinski definition) is 5. The molecule has 0 radical (unpaired) electrons. The third kappa shape index (κ3) is 9.73. The predicted molar refractivity (Wildman–Crippen MR) is 153 cm³/mol. The fraction of sp³-hybridized carbons (Fsp3) is 0.276. The first-order valence-electron chi connectivity index (χ1n) is 12.9. The Morgan fingerprint density at radius 2 is 1.44 bits per heavy atom. The number of aliphatic carboxylic acids is 2. The summed E-state index contributed by atoms with van der Waals surface area (Å²) in [7, 11) is 0. The van der Waals surface area contributed by atoms with Crippen LogP contribution in [0.4, 0.5) is 13.2 Å². The highest BCUT2D eigenvalue weighted by Gasteiger charge is 2.38. The van der Waals surface area contributed by atoms with E-state index in [0.29, 0.717) is 6.42 Å². The minimum atomic E-state index is -5.08. The van der Waals surface area contributed by atoms with Crippen molar-refractivity contribution < 1.29 is 37.8 Å². The summed E-state index contributed by atoms with van der Waals surface area (Å²) < 4.78 is 33.3. The number of aromatic nitrogens is 1. The Morgan fingerprint density at radius 3 is 1.88 bits per heavy atom. The average Bonchev–Trinajstić information content (AvgIpc) is 2.92. The van der Waals surface area contributed by atoms with Crippen molar-refractivity contribution in [1.29, 1.82) is 0 Å². The zero-order valence-electron chi connectivity index (χ0n) is 23.3. The Labute approximate surface area is 244 Å². The fourth-order valence-electron chi connectivity index (χ4n) is 4.14. The van der Waals surface area contributed by atoms with Crippen LogP contribution in [0.5, 0.6) is 0 Å². The van der Waals surface area contributed by atoms with E-state index in [1.165, 1.54) is 10.6 Å². The zero-order chi connectivity index (χ0) is 32.3. The standard InChI is InChI=1S/C27H31N5O4.C2HF3O2/c1-17-9-3-5-11-19(17)23(20-12-6-4-10-18(20)2)32-16-8-13-21(25(32)34)24(33)31-22(26(35)36)14-7-15-30-27(28)29;3-2(4,5)1(6)7/h3-6,8-13,16,22-23H,7,14-15H2,1-2H3,(H,31,33)(H,35,36)(H4,28,29,30);(H,6,7)/t22-;/m0./s1. The molecule has 0 aliphatic carbocycles. The van der Waals surface area contributed by atoms with Crippen LogP contribution in [0.25, 0.3) is 0 Å². The van der Waals surface area contributed by atoms with Crippen LogP contribution in [0, 0.1) is 13.8 Å². The number of carbonyl (C=O) groups is 3. The van der Waals surface area contributed by atoms with Crippen molar-refractivity contribution >= 4 is 23.8 Å². The van der Waals surface area contributed by atoms with Gasteiger partial charge >= 0.3 is 18.1 Å². The second-order valence-corrected chi connectivity index (χ2v) is 9.37. The fourth-order valence-corrected chi connectivity index (χ4v) is 4.14. The number of nitrogens with one attached hydrogen (secondary N) is 1. The molecule has 1 aromatic heterocycles. The smallest absolute Gasteiger partial charge is 0.480 e. The molecule has 0 fully saturated rings. The Balaban J connectivity index is 0.000000821. The molecule has 7 N–H and O–H groups in total. The van der Waals surface area contributed by atoms with Gasteiger partial charge in [0.2, 0.25) is 0 Å². The number of aryl methyl sites for hydroxylation is 2. The van der Waals surface area contributed by atoms with E-state index in [0.717, 1.165) is 22.3 Å². The number of hydrogen-bond acceptors (Lipinski definition) is 5. The van der Waals surface area contributed by atoms with Crippen LogP contribution in [-0.2, 0) is 9.59 Å². The molecule has 1 amide bonds. The highest BCUT2D eigenvalue weighted by Crippen LogP contribution is 2.30. The minimum absolute atomic E-state index is 0.0902. The highest BCUT2D eigenvalue weighted by molar-refractivity contribution is 5.96. The maximum Gasteiger partial charge on any atom is 0.490 e. The van der Waals surface area contributed by atoms with Crippen LogP contribution in [-0.4, -0.2) is 57.3 Å². The summed E-state index contributed by atoms with van der Waals surface area (Å²) in [5, 5.41) is 19.2. The summed E-state index contributed by atoms with van der Waals surface area (Å²) in [6.45, 7) is 4.18. The number of amides is 1. The maximum absolute atomic E-state index is 13.6. The molecule has 1 atom stereocenters. The molecule has 0 saturated carbocycles. The molecule has 230 valence electrons. The van der Waals surface area contributed by atoms with E-state index in [9.17, 15) is 32.7 Å². The lowest BCUT2D eigenvalue weighted by molar-refractivity contribution is -0.192. The van der Waals surface area contributed by atoms with E-state index in [1.807, 2.05) is 62.4 Å². The number of guanidine groups is 1. The molecule has 43 heavy (non-hydrogen) atoms. The van der Waals surface area contributed by atoms with Crippen LogP contribution in [0.3, 0.4) is 0 Å². The van der Waals surface area contributed by atoms with Gasteiger partial charge in [-0.15, -0.1) is 0 Å². The van der Waals surface area contributed by atoms with E-state index >= 15 is 0 Å². The van der Waals surface area contributed by atoms with Crippen LogP contribution in [0.15, 0.2) is 76.6 Å². The number of nitrogens with zero attached hydrogens (tertiary/aromatic N) is 2. The third-order valence-corrected chi connectivity index (χ3v) is 6.25. The summed E-state index contributed by atoms with van der Waals surface area (Å²) in [4.78, 5) is 51.1. The summed E-state index contributed by atoms with van der Waals surface area (Å²) in [5.74, 6) is -4.81. The molecule has 14 heteroatoms. The number of aliphatic imine (C=N–C) groups is 1. The Bertz CT molecular complexity index is 1490. The van der Waals surface area contributed by atoms with Crippen molar-refractivity contribution in [2.24, 2.45) is 16.5 Å². The molecule has 0 spiro atoms. The van der Waals surface area contributed by atoms with Crippen molar-refractivity contribution in [3.8, 4) is 0 Å². The van der Waals surface area contributed by atoms with Gasteiger partial charge in [0, 0.05) is 12.7 Å². The lowest BCUT2D eigenvalue weighted by atomic mass is 9.91. The number of benzene rings is 2. The molecule has 0 aliphatic heterocycles. The monoisotopic (exact) mass is 603 g/mol. The Morgan fingerprint density at radius 1 is 0.930 bits per heavy atom. The van der Waals surface area contributed by atoms with Gasteiger partial charge in [0.05, 0.1) is 6.04 Å². The molecular formula is C29H32F3N5O6. The predicted octanol–water partition coefficient (Wildman–Crippen LogP) is 2.97. The van der Waals surface area contributed by atoms with E-state index in [2.05, 4.69) is 10.3 Å². The molecule has 3 aromatic rings. The lowest BCUT2D eigenvalue weighted by Gasteiger charge is -2.25. The number of nitrogens with two attached hydrogens (primary N) is 2. The van der Waals surface area contributed by atoms with Gasteiger partial charge in [0.25, 0.3) is 11.5 Å². The number of rotatable bonds is 10. The molecule has 0 unspecified atom stereocenters. The van der Waals surface area contributed by atoms with Gasteiger partial charge in [-0.1, -0.05) is 48.5 Å². The summed E-state index contributed by atoms with van der Waals surface area (Å²) >= 11 is 0. The average molecular weight is 604 g/mol. The Kier molecular flexibility index (Phi) is 12.0. The summed E-state index contributed by atoms with van der Waals surface area (Å²) in [6.07, 6.45) is -2.99. The van der Waals surface area contributed by atoms with E-state index in [1.54, 1.807) is 12.3 Å². The van der Waals surface area contributed by atoms with Crippen molar-refractivity contribution in [2.75, 3.05) is 6.54 Å². The van der Waals surface area contributed by atoms with E-state index in [-0.39, 0.29) is 24.5 Å². The van der Waals surface area contributed by atoms with E-state index in [4.69, 9.17) is 21.4 Å². The van der Waals surface area contributed by atoms with Crippen molar-refractivity contribution in [1.82, 2.24) is 9.88 Å². The molecule has 0 bridgehead atoms. The van der Waals surface area contributed by atoms with Crippen LogP contribution >= 0.6 is 0 Å². The minimum Gasteiger partial charge on any atom is -0.480 e. The molecule has 2 aromatic carbocycles. The van der Waals surface area contributed by atoms with Crippen LogP contribution < -0.4 is 22.3 Å². The van der Waals surface area contributed by atoms with Gasteiger partial charge < -0.3 is 31.6 Å². The highest BCUT2D eigenvalue weighted by atomic mass is 19.4. The maximum atomic E-state index is 13.6. The van der Waals surface area contributed by atoms with Gasteiger partial charge in [-0.25, -0.2) is 9.59 Å². The number of pyridine rings is 1. The lowest BCUT2D eigenvalue weighted by Crippen LogP contribution is -2.43. The SMILES string of the molecule is Cc1ccccc1C(c1ccccc1C)n1cccc(C(=O)N[C@@H](CCCN=C(N)N)C(=O)O)c1=O.O=C(O)C(F)(F)F. The molecular weight excluding hydrogens is 571 g/mol. The third-order valence-electron chi connectivity index (χ3n) is 6.25. The second-order valence-electron chi connectivity index (χ2n) is 9.37. The van der Waals surface area contributed by atoms with Crippen molar-refractivity contribution in [3.05, 3.63) is 105 Å². The summed E-state index contributed by atoms with van der Waals surface area (Å²) in [6, 6.07) is 16.9. The van der Waals surface area contributed by atoms with Crippen molar-refractivity contribution in [3.63, 3.8) is 0 Å². The first-order chi connectivity index (χ1) is 20.1. The number of halogens is 3. The van der Waals surface area contributed by atoms with Gasteiger partial charge in [-0.05, 0) is 61.1 Å². The molecule has 3 rings (SSSR count). The van der Waals surface area contributed by atoms with E-state index < -0.39 is 41.7 Å². The molecule has 0 saturated heterocycles. The molecule has 0 aliphatic rings. The molecule has 1 heterocycles. The summed E-state index contributed by atoms with van der Waals surface area (Å²) in [5.41, 5.74) is 13.8.